The summed E-state index contributed by atoms with van der Waals surface area (Å²) in [6, 6.07) is 6.99. The van der Waals surface area contributed by atoms with Gasteiger partial charge in [-0.25, -0.2) is 0 Å². The number of thiophene rings is 1. The number of halogens is 1. The van der Waals surface area contributed by atoms with Crippen molar-refractivity contribution in [2.45, 2.75) is 6.54 Å². The minimum absolute atomic E-state index is 0.203. The largest absolute Gasteiger partial charge is 0.362 e. The maximum Gasteiger partial charge on any atom is 0.177 e. The molecule has 0 saturated heterocycles. The fourth-order valence-corrected chi connectivity index (χ4v) is 2.62. The Kier molecular flexibility index (Phi) is 3.16. The molecule has 2 aromatic heterocycles. The van der Waals surface area contributed by atoms with Crippen LogP contribution < -0.4 is 0 Å². The van der Waals surface area contributed by atoms with Gasteiger partial charge >= 0.3 is 0 Å². The quantitative estimate of drug-likeness (QED) is 0.862. The van der Waals surface area contributed by atoms with E-state index in [0.717, 1.165) is 35.1 Å². The van der Waals surface area contributed by atoms with Gasteiger partial charge in [-0.2, -0.15) is 9.49 Å². The first-order valence-electron chi connectivity index (χ1n) is 5.91. The summed E-state index contributed by atoms with van der Waals surface area (Å²) in [5, 5.41) is 8.14. The van der Waals surface area contributed by atoms with Crippen molar-refractivity contribution in [1.29, 1.82) is 0 Å². The number of hydrogen-bond acceptors (Lipinski definition) is 5. The smallest absolute Gasteiger partial charge is 0.177 e. The molecular weight excluding hydrogens is 263 g/mol. The molecule has 1 aliphatic rings. The lowest BCUT2D eigenvalue weighted by Gasteiger charge is -2.17. The molecule has 1 aliphatic heterocycles. The van der Waals surface area contributed by atoms with Crippen LogP contribution in [0.4, 0.5) is 4.39 Å². The van der Waals surface area contributed by atoms with Crippen LogP contribution in [0, 0.1) is 5.13 Å². The molecule has 3 rings (SSSR count). The molecule has 3 heterocycles. The van der Waals surface area contributed by atoms with Gasteiger partial charge in [-0.15, -0.1) is 16.4 Å². The first kappa shape index (κ1) is 12.1. The average molecular weight is 276 g/mol. The molecule has 0 fully saturated rings. The van der Waals surface area contributed by atoms with Crippen LogP contribution in [0.2, 0.25) is 0 Å². The van der Waals surface area contributed by atoms with E-state index in [1.165, 1.54) is 6.07 Å². The molecule has 0 spiro atoms. The van der Waals surface area contributed by atoms with E-state index in [4.69, 9.17) is 0 Å². The zero-order chi connectivity index (χ0) is 13.2. The Labute approximate surface area is 114 Å². The van der Waals surface area contributed by atoms with Gasteiger partial charge in [-0.05, 0) is 24.3 Å². The molecule has 0 amide bonds. The zero-order valence-electron chi connectivity index (χ0n) is 10.5. The van der Waals surface area contributed by atoms with Crippen molar-refractivity contribution in [3.63, 3.8) is 0 Å². The van der Waals surface area contributed by atoms with Crippen LogP contribution in [0.15, 0.2) is 36.7 Å². The van der Waals surface area contributed by atoms with Crippen molar-refractivity contribution in [2.75, 3.05) is 13.7 Å². The Morgan fingerprint density at radius 2 is 2.11 bits per heavy atom. The summed E-state index contributed by atoms with van der Waals surface area (Å²) in [5.74, 6) is 0. The number of hydrogen-bond donors (Lipinski definition) is 0. The third-order valence-corrected chi connectivity index (χ3v) is 3.74. The molecule has 6 heteroatoms. The van der Waals surface area contributed by atoms with E-state index in [1.54, 1.807) is 6.07 Å². The molecule has 0 aromatic carbocycles. The molecule has 0 atom stereocenters. The Hall–Kier alpha value is -1.95. The molecule has 2 aromatic rings. The number of nitrogens with zero attached hydrogens (tertiary/aromatic N) is 4. The third-order valence-electron chi connectivity index (χ3n) is 2.85. The molecule has 0 radical (unpaired) electrons. The van der Waals surface area contributed by atoms with Gasteiger partial charge in [0.1, 0.15) is 5.69 Å². The summed E-state index contributed by atoms with van der Waals surface area (Å²) in [5.41, 5.74) is 1.62. The summed E-state index contributed by atoms with van der Waals surface area (Å²) in [6.07, 6.45) is 4.06. The van der Waals surface area contributed by atoms with Crippen molar-refractivity contribution in [3.05, 3.63) is 47.5 Å². The SMILES string of the molecule is CN1C=CN(Cc2ccc(-c3ccc(F)s3)nn2)C1. The summed E-state index contributed by atoms with van der Waals surface area (Å²) >= 11 is 1.08. The molecule has 98 valence electrons. The van der Waals surface area contributed by atoms with E-state index in [-0.39, 0.29) is 5.13 Å². The Morgan fingerprint density at radius 1 is 1.21 bits per heavy atom. The predicted octanol–water partition coefficient (Wildman–Crippen LogP) is 2.52. The lowest BCUT2D eigenvalue weighted by molar-refractivity contribution is 0.287. The second-order valence-corrected chi connectivity index (χ2v) is 5.49. The summed E-state index contributed by atoms with van der Waals surface area (Å²) in [7, 11) is 2.02. The van der Waals surface area contributed by atoms with Crippen molar-refractivity contribution >= 4 is 11.3 Å². The molecule has 0 N–H and O–H groups in total. The molecule has 0 bridgehead atoms. The molecular formula is C13H13FN4S. The lowest BCUT2D eigenvalue weighted by Crippen LogP contribution is -2.22. The minimum Gasteiger partial charge on any atom is -0.362 e. The minimum atomic E-state index is -0.203. The first-order chi connectivity index (χ1) is 9.20. The third kappa shape index (κ3) is 2.73. The van der Waals surface area contributed by atoms with E-state index >= 15 is 0 Å². The average Bonchev–Trinajstić information content (AvgIpc) is 3.00. The highest BCUT2D eigenvalue weighted by molar-refractivity contribution is 7.13. The Morgan fingerprint density at radius 3 is 2.68 bits per heavy atom. The first-order valence-corrected chi connectivity index (χ1v) is 6.73. The highest BCUT2D eigenvalue weighted by Gasteiger charge is 2.10. The van der Waals surface area contributed by atoms with Crippen LogP contribution in [-0.4, -0.2) is 33.7 Å². The van der Waals surface area contributed by atoms with E-state index < -0.39 is 0 Å². The second kappa shape index (κ2) is 4.97. The van der Waals surface area contributed by atoms with Crippen LogP contribution in [0.25, 0.3) is 10.6 Å². The molecule has 0 unspecified atom stereocenters. The predicted molar refractivity (Wildman–Crippen MR) is 72.6 cm³/mol. The van der Waals surface area contributed by atoms with E-state index in [1.807, 2.05) is 31.6 Å². The van der Waals surface area contributed by atoms with Gasteiger partial charge in [-0.3, -0.25) is 0 Å². The molecule has 0 saturated carbocycles. The van der Waals surface area contributed by atoms with Crippen molar-refractivity contribution < 1.29 is 4.39 Å². The van der Waals surface area contributed by atoms with Crippen LogP contribution in [0.1, 0.15) is 5.69 Å². The van der Waals surface area contributed by atoms with E-state index in [2.05, 4.69) is 20.0 Å². The van der Waals surface area contributed by atoms with Crippen molar-refractivity contribution in [1.82, 2.24) is 20.0 Å². The fraction of sp³-hybridized carbons (Fsp3) is 0.231. The van der Waals surface area contributed by atoms with Gasteiger partial charge in [0.25, 0.3) is 0 Å². The number of rotatable bonds is 3. The summed E-state index contributed by atoms with van der Waals surface area (Å²) in [4.78, 5) is 5.04. The van der Waals surface area contributed by atoms with Gasteiger partial charge in [0.05, 0.1) is 23.8 Å². The van der Waals surface area contributed by atoms with Gasteiger partial charge in [-0.1, -0.05) is 0 Å². The maximum atomic E-state index is 13.0. The Bertz CT molecular complexity index is 593. The summed E-state index contributed by atoms with van der Waals surface area (Å²) in [6.45, 7) is 1.59. The zero-order valence-corrected chi connectivity index (χ0v) is 11.3. The normalized spacial score (nSPS) is 14.4. The summed E-state index contributed by atoms with van der Waals surface area (Å²) < 4.78 is 13.0. The van der Waals surface area contributed by atoms with Gasteiger partial charge in [0.2, 0.25) is 0 Å². The monoisotopic (exact) mass is 276 g/mol. The van der Waals surface area contributed by atoms with Gasteiger partial charge in [0, 0.05) is 19.4 Å². The van der Waals surface area contributed by atoms with Gasteiger partial charge in [0.15, 0.2) is 5.13 Å². The number of aromatic nitrogens is 2. The highest BCUT2D eigenvalue weighted by Crippen LogP contribution is 2.25. The Balaban J connectivity index is 1.71. The topological polar surface area (TPSA) is 32.3 Å². The standard InChI is InChI=1S/C13H13FN4S/c1-17-6-7-18(9-17)8-10-2-3-11(16-15-10)12-4-5-13(14)19-12/h2-7H,8-9H2,1H3. The van der Waals surface area contributed by atoms with E-state index in [9.17, 15) is 4.39 Å². The van der Waals surface area contributed by atoms with Crippen LogP contribution >= 0.6 is 11.3 Å². The van der Waals surface area contributed by atoms with Crippen LogP contribution in [-0.2, 0) is 6.54 Å². The van der Waals surface area contributed by atoms with Gasteiger partial charge < -0.3 is 9.80 Å². The fourth-order valence-electron chi connectivity index (χ4n) is 1.93. The van der Waals surface area contributed by atoms with Crippen LogP contribution in [0.5, 0.6) is 0 Å². The van der Waals surface area contributed by atoms with E-state index in [0.29, 0.717) is 5.69 Å². The van der Waals surface area contributed by atoms with Crippen LogP contribution in [0.3, 0.4) is 0 Å². The molecule has 0 aliphatic carbocycles. The highest BCUT2D eigenvalue weighted by atomic mass is 32.1. The maximum absolute atomic E-state index is 13.0. The molecule has 4 nitrogen and oxygen atoms in total. The lowest BCUT2D eigenvalue weighted by atomic mass is 10.3. The molecule has 19 heavy (non-hydrogen) atoms. The van der Waals surface area contributed by atoms with Crippen molar-refractivity contribution in [3.8, 4) is 10.6 Å². The van der Waals surface area contributed by atoms with Crippen molar-refractivity contribution in [2.24, 2.45) is 0 Å². The second-order valence-electron chi connectivity index (χ2n) is 4.46.